The number of carbonyl (C=O) groups is 2. The largest absolute Gasteiger partial charge is 0.497 e. The van der Waals surface area contributed by atoms with E-state index in [2.05, 4.69) is 0 Å². The summed E-state index contributed by atoms with van der Waals surface area (Å²) in [6.45, 7) is 0.167. The highest BCUT2D eigenvalue weighted by Crippen LogP contribution is 2.36. The van der Waals surface area contributed by atoms with E-state index < -0.39 is 38.5 Å². The van der Waals surface area contributed by atoms with Gasteiger partial charge in [0.1, 0.15) is 10.6 Å². The number of nitrogens with zero attached hydrogens (tertiary/aromatic N) is 1. The molecule has 0 aliphatic carbocycles. The number of carbonyl (C=O) groups excluding carboxylic acids is 2. The van der Waals surface area contributed by atoms with Gasteiger partial charge in [-0.15, -0.1) is 0 Å². The van der Waals surface area contributed by atoms with Crippen LogP contribution in [0.4, 0.5) is 10.1 Å². The number of hydrogen-bond donors (Lipinski definition) is 0. The minimum atomic E-state index is -3.97. The van der Waals surface area contributed by atoms with Crippen molar-refractivity contribution in [3.63, 3.8) is 0 Å². The summed E-state index contributed by atoms with van der Waals surface area (Å²) < 4.78 is 51.3. The number of hydrogen-bond acceptors (Lipinski definition) is 6. The first kappa shape index (κ1) is 24.4. The SMILES string of the molecule is COc1ccc(C(=O)OC2CCCN(c3ccc(-c4ccccc4)c(S(C)(=O)=O)c3F)C2=O)cc1. The summed E-state index contributed by atoms with van der Waals surface area (Å²) in [5.74, 6) is -1.74. The van der Waals surface area contributed by atoms with Gasteiger partial charge in [0.05, 0.1) is 18.4 Å². The molecule has 0 aromatic heterocycles. The van der Waals surface area contributed by atoms with Gasteiger partial charge in [-0.25, -0.2) is 17.6 Å². The maximum Gasteiger partial charge on any atom is 0.338 e. The van der Waals surface area contributed by atoms with Gasteiger partial charge in [0, 0.05) is 18.4 Å². The number of anilines is 1. The lowest BCUT2D eigenvalue weighted by molar-refractivity contribution is -0.129. The van der Waals surface area contributed by atoms with E-state index in [0.717, 1.165) is 11.2 Å². The molecule has 1 aliphatic heterocycles. The normalized spacial score (nSPS) is 16.1. The second kappa shape index (κ2) is 9.87. The molecule has 3 aromatic carbocycles. The third-order valence-electron chi connectivity index (χ3n) is 5.79. The van der Waals surface area contributed by atoms with Crippen LogP contribution in [0.3, 0.4) is 0 Å². The number of methoxy groups -OCH3 is 1. The zero-order valence-electron chi connectivity index (χ0n) is 19.2. The van der Waals surface area contributed by atoms with Crippen LogP contribution in [0.2, 0.25) is 0 Å². The summed E-state index contributed by atoms with van der Waals surface area (Å²) in [6, 6.07) is 17.7. The number of benzene rings is 3. The summed E-state index contributed by atoms with van der Waals surface area (Å²) in [7, 11) is -2.47. The first-order valence-electron chi connectivity index (χ1n) is 10.9. The molecule has 1 aliphatic rings. The Bertz CT molecular complexity index is 1360. The third-order valence-corrected chi connectivity index (χ3v) is 6.93. The molecular formula is C26H24FNO6S. The number of sulfone groups is 1. The Morgan fingerprint density at radius 1 is 1.03 bits per heavy atom. The Morgan fingerprint density at radius 3 is 2.34 bits per heavy atom. The maximum absolute atomic E-state index is 15.7. The number of rotatable bonds is 6. The van der Waals surface area contributed by atoms with Crippen LogP contribution in [0.25, 0.3) is 11.1 Å². The zero-order valence-corrected chi connectivity index (χ0v) is 20.0. The Labute approximate surface area is 203 Å². The van der Waals surface area contributed by atoms with Gasteiger partial charge in [0.2, 0.25) is 0 Å². The van der Waals surface area contributed by atoms with Gasteiger partial charge in [0.15, 0.2) is 21.8 Å². The topological polar surface area (TPSA) is 90.0 Å². The minimum Gasteiger partial charge on any atom is -0.497 e. The lowest BCUT2D eigenvalue weighted by Gasteiger charge is -2.32. The molecule has 3 aromatic rings. The molecule has 1 fully saturated rings. The molecule has 35 heavy (non-hydrogen) atoms. The van der Waals surface area contributed by atoms with Crippen LogP contribution in [0.5, 0.6) is 5.75 Å². The molecule has 0 N–H and O–H groups in total. The second-order valence-corrected chi connectivity index (χ2v) is 10.1. The predicted molar refractivity (Wildman–Crippen MR) is 129 cm³/mol. The van der Waals surface area contributed by atoms with Gasteiger partial charge < -0.3 is 14.4 Å². The van der Waals surface area contributed by atoms with E-state index in [9.17, 15) is 18.0 Å². The van der Waals surface area contributed by atoms with Crippen molar-refractivity contribution in [1.29, 1.82) is 0 Å². The molecule has 1 heterocycles. The van der Waals surface area contributed by atoms with Crippen molar-refractivity contribution >= 4 is 27.4 Å². The molecule has 0 saturated carbocycles. The molecule has 0 radical (unpaired) electrons. The Kier molecular flexibility index (Phi) is 6.88. The Hall–Kier alpha value is -3.72. The minimum absolute atomic E-state index is 0.166. The van der Waals surface area contributed by atoms with Crippen molar-refractivity contribution in [3.8, 4) is 16.9 Å². The van der Waals surface area contributed by atoms with E-state index in [1.165, 1.54) is 31.4 Å². The molecular weight excluding hydrogens is 473 g/mol. The van der Waals surface area contributed by atoms with E-state index >= 15 is 4.39 Å². The number of halogens is 1. The third kappa shape index (κ3) is 5.05. The summed E-state index contributed by atoms with van der Waals surface area (Å²) in [5, 5.41) is 0. The van der Waals surface area contributed by atoms with Crippen molar-refractivity contribution in [2.24, 2.45) is 0 Å². The van der Waals surface area contributed by atoms with Gasteiger partial charge in [-0.3, -0.25) is 4.79 Å². The highest BCUT2D eigenvalue weighted by molar-refractivity contribution is 7.90. The van der Waals surface area contributed by atoms with Crippen LogP contribution >= 0.6 is 0 Å². The lowest BCUT2D eigenvalue weighted by Crippen LogP contribution is -2.46. The average Bonchev–Trinajstić information content (AvgIpc) is 2.85. The Balaban J connectivity index is 1.64. The maximum atomic E-state index is 15.7. The van der Waals surface area contributed by atoms with Crippen molar-refractivity contribution < 1.29 is 31.9 Å². The fraction of sp³-hybridized carbons (Fsp3) is 0.231. The van der Waals surface area contributed by atoms with Gasteiger partial charge in [-0.1, -0.05) is 36.4 Å². The molecule has 9 heteroatoms. The molecule has 4 rings (SSSR count). The summed E-state index contributed by atoms with van der Waals surface area (Å²) in [4.78, 5) is 26.4. The summed E-state index contributed by atoms with van der Waals surface area (Å²) >= 11 is 0. The van der Waals surface area contributed by atoms with E-state index in [4.69, 9.17) is 9.47 Å². The van der Waals surface area contributed by atoms with E-state index in [0.29, 0.717) is 17.7 Å². The molecule has 0 bridgehead atoms. The highest BCUT2D eigenvalue weighted by Gasteiger charge is 2.35. The monoisotopic (exact) mass is 497 g/mol. The standard InChI is InChI=1S/C26H24FNO6S/c1-33-19-12-10-18(11-13-19)26(30)34-22-9-6-16-28(25(22)29)21-15-14-20(17-7-4-3-5-8-17)24(23(21)27)35(2,31)32/h3-5,7-8,10-15,22H,6,9,16H2,1-2H3. The average molecular weight is 498 g/mol. The molecule has 1 atom stereocenters. The molecule has 0 spiro atoms. The Morgan fingerprint density at radius 2 is 1.71 bits per heavy atom. The number of ether oxygens (including phenoxy) is 2. The van der Waals surface area contributed by atoms with Crippen molar-refractivity contribution in [2.75, 3.05) is 24.8 Å². The predicted octanol–water partition coefficient (Wildman–Crippen LogP) is 4.26. The summed E-state index contributed by atoms with van der Waals surface area (Å²) in [6.07, 6.45) is 0.535. The van der Waals surface area contributed by atoms with Crippen molar-refractivity contribution in [1.82, 2.24) is 0 Å². The van der Waals surface area contributed by atoms with Crippen molar-refractivity contribution in [3.05, 3.63) is 78.1 Å². The molecule has 1 amide bonds. The number of esters is 1. The van der Waals surface area contributed by atoms with Gasteiger partial charge in [0.25, 0.3) is 5.91 Å². The smallest absolute Gasteiger partial charge is 0.338 e. The lowest BCUT2D eigenvalue weighted by atomic mass is 10.0. The zero-order chi connectivity index (χ0) is 25.2. The van der Waals surface area contributed by atoms with Gasteiger partial charge in [-0.05, 0) is 48.7 Å². The van der Waals surface area contributed by atoms with E-state index in [1.54, 1.807) is 42.5 Å². The van der Waals surface area contributed by atoms with Crippen molar-refractivity contribution in [2.45, 2.75) is 23.8 Å². The fourth-order valence-electron chi connectivity index (χ4n) is 4.08. The van der Waals surface area contributed by atoms with Gasteiger partial charge >= 0.3 is 5.97 Å². The van der Waals surface area contributed by atoms with Crippen LogP contribution in [0, 0.1) is 5.82 Å². The van der Waals surface area contributed by atoms with E-state index in [1.807, 2.05) is 0 Å². The molecule has 1 saturated heterocycles. The molecule has 7 nitrogen and oxygen atoms in total. The fourth-order valence-corrected chi connectivity index (χ4v) is 5.09. The van der Waals surface area contributed by atoms with Crippen LogP contribution < -0.4 is 9.64 Å². The van der Waals surface area contributed by atoms with Crippen LogP contribution in [-0.2, 0) is 19.4 Å². The summed E-state index contributed by atoms with van der Waals surface area (Å²) in [5.41, 5.74) is 0.824. The van der Waals surface area contributed by atoms with Crippen LogP contribution in [0.15, 0.2) is 71.6 Å². The van der Waals surface area contributed by atoms with E-state index in [-0.39, 0.29) is 29.8 Å². The van der Waals surface area contributed by atoms with Crippen LogP contribution in [0.1, 0.15) is 23.2 Å². The first-order chi connectivity index (χ1) is 16.7. The molecule has 182 valence electrons. The second-order valence-electron chi connectivity index (χ2n) is 8.17. The quantitative estimate of drug-likeness (QED) is 0.473. The number of piperidine rings is 1. The van der Waals surface area contributed by atoms with Gasteiger partial charge in [-0.2, -0.15) is 0 Å². The highest BCUT2D eigenvalue weighted by atomic mass is 32.2. The first-order valence-corrected chi connectivity index (χ1v) is 12.8. The van der Waals surface area contributed by atoms with Crippen LogP contribution in [-0.4, -0.2) is 46.3 Å². The number of amides is 1. The molecule has 1 unspecified atom stereocenters.